The second-order valence-corrected chi connectivity index (χ2v) is 6.75. The van der Waals surface area contributed by atoms with E-state index in [1.807, 2.05) is 56.3 Å². The number of aryl methyl sites for hydroxylation is 1. The Balaban J connectivity index is 1.79. The molecule has 0 aliphatic carbocycles. The molecule has 0 radical (unpaired) electrons. The monoisotopic (exact) mass is 370 g/mol. The van der Waals surface area contributed by atoms with Crippen LogP contribution in [0.3, 0.4) is 0 Å². The average molecular weight is 370 g/mol. The number of carbonyl (C=O) groups is 1. The Morgan fingerprint density at radius 1 is 1.19 bits per heavy atom. The molecule has 0 saturated heterocycles. The van der Waals surface area contributed by atoms with Gasteiger partial charge in [0.15, 0.2) is 11.5 Å². The minimum atomic E-state index is -0.366. The average Bonchev–Trinajstić information content (AvgIpc) is 2.67. The normalized spacial score (nSPS) is 14.0. The molecule has 1 atom stereocenters. The van der Waals surface area contributed by atoms with Crippen molar-refractivity contribution in [2.75, 3.05) is 34.4 Å². The Morgan fingerprint density at radius 2 is 1.85 bits per heavy atom. The van der Waals surface area contributed by atoms with Crippen LogP contribution in [-0.4, -0.2) is 45.2 Å². The summed E-state index contributed by atoms with van der Waals surface area (Å²) in [5.74, 6) is 1.94. The van der Waals surface area contributed by atoms with Crippen LogP contribution >= 0.6 is 0 Å². The van der Waals surface area contributed by atoms with Gasteiger partial charge in [-0.25, -0.2) is 0 Å². The molecule has 0 spiro atoms. The van der Waals surface area contributed by atoms with Crippen molar-refractivity contribution in [1.29, 1.82) is 0 Å². The third-order valence-corrected chi connectivity index (χ3v) is 4.65. The summed E-state index contributed by atoms with van der Waals surface area (Å²) in [6.45, 7) is 3.39. The zero-order valence-electron chi connectivity index (χ0n) is 16.2. The van der Waals surface area contributed by atoms with E-state index in [-0.39, 0.29) is 11.9 Å². The number of methoxy groups -OCH3 is 1. The van der Waals surface area contributed by atoms with Gasteiger partial charge in [-0.15, -0.1) is 0 Å². The van der Waals surface area contributed by atoms with Crippen LogP contribution in [0, 0.1) is 6.92 Å². The van der Waals surface area contributed by atoms with Crippen molar-refractivity contribution in [2.24, 2.45) is 0 Å². The van der Waals surface area contributed by atoms with Crippen molar-refractivity contribution in [2.45, 2.75) is 19.5 Å². The molecule has 27 heavy (non-hydrogen) atoms. The van der Waals surface area contributed by atoms with Crippen LogP contribution in [0.1, 0.15) is 22.7 Å². The SMILES string of the molecule is COc1cc2c(cc1CNC(=O)[C@H](c1ccccc1C)N(C)C)OCCO2. The van der Waals surface area contributed by atoms with Gasteiger partial charge in [-0.05, 0) is 38.2 Å². The van der Waals surface area contributed by atoms with E-state index in [0.29, 0.717) is 37.0 Å². The summed E-state index contributed by atoms with van der Waals surface area (Å²) in [5, 5.41) is 3.03. The minimum Gasteiger partial charge on any atom is -0.496 e. The lowest BCUT2D eigenvalue weighted by Gasteiger charge is -2.26. The lowest BCUT2D eigenvalue weighted by molar-refractivity contribution is -0.126. The molecule has 1 aliphatic rings. The van der Waals surface area contributed by atoms with Gasteiger partial charge in [0.25, 0.3) is 0 Å². The van der Waals surface area contributed by atoms with Gasteiger partial charge in [-0.1, -0.05) is 24.3 Å². The molecular weight excluding hydrogens is 344 g/mol. The molecule has 0 bridgehead atoms. The third-order valence-electron chi connectivity index (χ3n) is 4.65. The Kier molecular flexibility index (Phi) is 5.86. The molecule has 2 aromatic carbocycles. The molecule has 0 saturated carbocycles. The molecule has 144 valence electrons. The van der Waals surface area contributed by atoms with E-state index in [0.717, 1.165) is 16.7 Å². The largest absolute Gasteiger partial charge is 0.496 e. The number of hydrogen-bond donors (Lipinski definition) is 1. The number of fused-ring (bicyclic) bond motifs is 1. The molecule has 1 N–H and O–H groups in total. The first-order valence-electron chi connectivity index (χ1n) is 8.97. The molecule has 0 fully saturated rings. The third kappa shape index (κ3) is 4.17. The fourth-order valence-electron chi connectivity index (χ4n) is 3.27. The van der Waals surface area contributed by atoms with Crippen LogP contribution in [0.15, 0.2) is 36.4 Å². The standard InChI is InChI=1S/C21H26N2O4/c1-14-7-5-6-8-16(14)20(23(2)3)21(24)22-13-15-11-18-19(12-17(15)25-4)27-10-9-26-18/h5-8,11-12,20H,9-10,13H2,1-4H3,(H,22,24)/t20-/m0/s1. The van der Waals surface area contributed by atoms with E-state index in [2.05, 4.69) is 5.32 Å². The summed E-state index contributed by atoms with van der Waals surface area (Å²) in [6.07, 6.45) is 0. The molecule has 3 rings (SSSR count). The summed E-state index contributed by atoms with van der Waals surface area (Å²) in [5.41, 5.74) is 2.93. The number of ether oxygens (including phenoxy) is 3. The topological polar surface area (TPSA) is 60.0 Å². The highest BCUT2D eigenvalue weighted by molar-refractivity contribution is 5.83. The second kappa shape index (κ2) is 8.31. The number of amides is 1. The number of benzene rings is 2. The Labute approximate surface area is 160 Å². The maximum atomic E-state index is 12.9. The van der Waals surface area contributed by atoms with Crippen molar-refractivity contribution in [3.05, 3.63) is 53.1 Å². The maximum absolute atomic E-state index is 12.9. The molecule has 0 aromatic heterocycles. The van der Waals surface area contributed by atoms with Crippen LogP contribution < -0.4 is 19.5 Å². The molecule has 1 amide bonds. The summed E-state index contributed by atoms with van der Waals surface area (Å²) < 4.78 is 16.7. The zero-order chi connectivity index (χ0) is 19.4. The van der Waals surface area contributed by atoms with Crippen molar-refractivity contribution in [3.8, 4) is 17.2 Å². The molecule has 1 heterocycles. The van der Waals surface area contributed by atoms with E-state index in [9.17, 15) is 4.79 Å². The number of nitrogens with one attached hydrogen (secondary N) is 1. The van der Waals surface area contributed by atoms with Crippen LogP contribution in [0.25, 0.3) is 0 Å². The summed E-state index contributed by atoms with van der Waals surface area (Å²) in [7, 11) is 5.41. The maximum Gasteiger partial charge on any atom is 0.242 e. The van der Waals surface area contributed by atoms with Gasteiger partial charge in [-0.3, -0.25) is 9.69 Å². The first kappa shape index (κ1) is 19.0. The minimum absolute atomic E-state index is 0.0637. The van der Waals surface area contributed by atoms with Crippen LogP contribution in [0.4, 0.5) is 0 Å². The van der Waals surface area contributed by atoms with Crippen LogP contribution in [0.2, 0.25) is 0 Å². The lowest BCUT2D eigenvalue weighted by Crippen LogP contribution is -2.37. The van der Waals surface area contributed by atoms with Gasteiger partial charge in [0.1, 0.15) is 25.0 Å². The first-order valence-corrected chi connectivity index (χ1v) is 8.97. The highest BCUT2D eigenvalue weighted by Gasteiger charge is 2.25. The lowest BCUT2D eigenvalue weighted by atomic mass is 9.99. The summed E-state index contributed by atoms with van der Waals surface area (Å²) in [6, 6.07) is 11.2. The molecule has 1 aliphatic heterocycles. The highest BCUT2D eigenvalue weighted by Crippen LogP contribution is 2.36. The molecule has 2 aromatic rings. The fourth-order valence-corrected chi connectivity index (χ4v) is 3.27. The first-order chi connectivity index (χ1) is 13.0. The highest BCUT2D eigenvalue weighted by atomic mass is 16.6. The predicted octanol–water partition coefficient (Wildman–Crippen LogP) is 2.69. The van der Waals surface area contributed by atoms with Crippen molar-refractivity contribution in [3.63, 3.8) is 0 Å². The molecule has 6 nitrogen and oxygen atoms in total. The number of nitrogens with zero attached hydrogens (tertiary/aromatic N) is 1. The van der Waals surface area contributed by atoms with E-state index in [1.54, 1.807) is 13.2 Å². The van der Waals surface area contributed by atoms with Gasteiger partial charge in [0.05, 0.1) is 7.11 Å². The van der Waals surface area contributed by atoms with Crippen molar-refractivity contribution in [1.82, 2.24) is 10.2 Å². The quantitative estimate of drug-likeness (QED) is 0.847. The molecule has 0 unspecified atom stereocenters. The van der Waals surface area contributed by atoms with Gasteiger partial charge in [0, 0.05) is 18.2 Å². The number of hydrogen-bond acceptors (Lipinski definition) is 5. The van der Waals surface area contributed by atoms with Gasteiger partial charge in [0.2, 0.25) is 5.91 Å². The van der Waals surface area contributed by atoms with E-state index in [1.165, 1.54) is 0 Å². The van der Waals surface area contributed by atoms with E-state index in [4.69, 9.17) is 14.2 Å². The Hall–Kier alpha value is -2.73. The van der Waals surface area contributed by atoms with Gasteiger partial charge < -0.3 is 19.5 Å². The van der Waals surface area contributed by atoms with Gasteiger partial charge in [-0.2, -0.15) is 0 Å². The van der Waals surface area contributed by atoms with E-state index >= 15 is 0 Å². The van der Waals surface area contributed by atoms with Crippen molar-refractivity contribution < 1.29 is 19.0 Å². The summed E-state index contributed by atoms with van der Waals surface area (Å²) in [4.78, 5) is 14.9. The summed E-state index contributed by atoms with van der Waals surface area (Å²) >= 11 is 0. The predicted molar refractivity (Wildman–Crippen MR) is 103 cm³/mol. The zero-order valence-corrected chi connectivity index (χ0v) is 16.2. The van der Waals surface area contributed by atoms with Crippen LogP contribution in [0.5, 0.6) is 17.2 Å². The number of rotatable bonds is 6. The fraction of sp³-hybridized carbons (Fsp3) is 0.381. The van der Waals surface area contributed by atoms with E-state index < -0.39 is 0 Å². The van der Waals surface area contributed by atoms with Crippen molar-refractivity contribution >= 4 is 5.91 Å². The van der Waals surface area contributed by atoms with Gasteiger partial charge >= 0.3 is 0 Å². The Morgan fingerprint density at radius 3 is 2.48 bits per heavy atom. The number of carbonyl (C=O) groups excluding carboxylic acids is 1. The molecule has 6 heteroatoms. The Bertz CT molecular complexity index is 820. The smallest absolute Gasteiger partial charge is 0.242 e. The second-order valence-electron chi connectivity index (χ2n) is 6.75. The number of likely N-dealkylation sites (N-methyl/N-ethyl adjacent to an activating group) is 1. The van der Waals surface area contributed by atoms with Crippen LogP contribution in [-0.2, 0) is 11.3 Å². The molecular formula is C21H26N2O4.